The van der Waals surface area contributed by atoms with E-state index in [0.717, 1.165) is 67.3 Å². The van der Waals surface area contributed by atoms with Crippen molar-refractivity contribution in [3.63, 3.8) is 0 Å². The average Bonchev–Trinajstić information content (AvgIpc) is 3.28. The van der Waals surface area contributed by atoms with E-state index >= 15 is 0 Å². The number of aromatic amines is 1. The Balaban J connectivity index is 0.00000385. The number of benzene rings is 5. The number of halogens is 2. The maximum Gasteiger partial charge on any atom is 0.412 e. The normalized spacial score (nSPS) is 15.2. The monoisotopic (exact) mass is 875 g/mol. The summed E-state index contributed by atoms with van der Waals surface area (Å²) in [5.74, 6) is -0.157. The molecule has 0 bridgehead atoms. The molecule has 0 spiro atoms. The Bertz CT molecular complexity index is 2480. The number of H-pyrrole nitrogens is 1. The number of anilines is 2. The minimum absolute atomic E-state index is 0. The average molecular weight is 876 g/mol. The molecule has 64 heavy (non-hydrogen) atoms. The van der Waals surface area contributed by atoms with E-state index in [0.29, 0.717) is 59.7 Å². The van der Waals surface area contributed by atoms with Crippen molar-refractivity contribution in [1.29, 1.82) is 0 Å². The molecular weight excluding hydrogens is 817 g/mol. The van der Waals surface area contributed by atoms with Gasteiger partial charge in [-0.15, -0.1) is 0 Å². The van der Waals surface area contributed by atoms with Crippen molar-refractivity contribution < 1.29 is 34.3 Å². The van der Waals surface area contributed by atoms with Crippen LogP contribution in [0.2, 0.25) is 0 Å². The second-order valence-electron chi connectivity index (χ2n) is 16.4. The summed E-state index contributed by atoms with van der Waals surface area (Å²) in [7, 11) is 2.20. The summed E-state index contributed by atoms with van der Waals surface area (Å²) in [5, 5.41) is 38.6. The van der Waals surface area contributed by atoms with Crippen molar-refractivity contribution in [3.05, 3.63) is 160 Å². The number of pyridine rings is 1. The lowest BCUT2D eigenvalue weighted by molar-refractivity contribution is -0.116. The molecule has 1 saturated carbocycles. The highest BCUT2D eigenvalue weighted by atomic mass is 19.0. The standard InChI is InChI=1S/C51H57N5O6.2FH/c1-55(31-9-13-35-10-4-2-5-11-35)40-22-24-41(25-23-40)56(51(61)62)45-32-36(19-26-42(45)38-14-6-3-7-15-38)12-8-16-48(59)53-39-20-17-37(18-21-39)33-52-34-47(58)43-27-29-46(57)50-44(43)28-30-49(60)54-50;;/h2-7,10-11,14-15,17-21,26-30,32,40-41,47,52,57-58H,8-9,12-13,16,22-25,31,33-34H2,1H3,(H,53,59)(H,54,60)(H,61,62);2*1H/t40?,41?,47-;;/m1../s1. The van der Waals surface area contributed by atoms with E-state index in [-0.39, 0.29) is 39.2 Å². The van der Waals surface area contributed by atoms with Crippen molar-refractivity contribution in [2.75, 3.05) is 30.4 Å². The number of aliphatic hydroxyl groups excluding tert-OH is 1. The lowest BCUT2D eigenvalue weighted by Crippen LogP contribution is -2.45. The van der Waals surface area contributed by atoms with Crippen LogP contribution < -0.4 is 21.1 Å². The first-order chi connectivity index (χ1) is 30.1. The third kappa shape index (κ3) is 12.6. The Kier molecular flexibility index (Phi) is 17.7. The van der Waals surface area contributed by atoms with E-state index in [2.05, 4.69) is 51.8 Å². The SMILES string of the molecule is CN(CCCc1ccccc1)C1CCC(N(C(=O)O)c2cc(CCCC(=O)Nc3ccc(CNC[C@@H](O)c4ccc(O)c5[nH]c(=O)ccc45)cc3)ccc2-c2ccccc2)CC1.F.F. The summed E-state index contributed by atoms with van der Waals surface area (Å²) in [6.07, 6.45) is 5.33. The van der Waals surface area contributed by atoms with E-state index in [1.165, 1.54) is 17.7 Å². The third-order valence-electron chi connectivity index (χ3n) is 12.1. The summed E-state index contributed by atoms with van der Waals surface area (Å²) in [6.45, 7) is 1.74. The molecular formula is C51H59F2N5O6. The molecule has 13 heteroatoms. The number of fused-ring (bicyclic) bond motifs is 1. The maximum atomic E-state index is 13.1. The molecule has 1 aromatic heterocycles. The van der Waals surface area contributed by atoms with Crippen molar-refractivity contribution in [2.45, 2.75) is 82.5 Å². The molecule has 0 unspecified atom stereocenters. The number of phenols is 1. The molecule has 338 valence electrons. The molecule has 7 rings (SSSR count). The van der Waals surface area contributed by atoms with Crippen LogP contribution in [0.1, 0.15) is 73.3 Å². The van der Waals surface area contributed by atoms with Crippen LogP contribution in [-0.4, -0.2) is 69.4 Å². The van der Waals surface area contributed by atoms with Crippen LogP contribution >= 0.6 is 0 Å². The topological polar surface area (TPSA) is 158 Å². The summed E-state index contributed by atoms with van der Waals surface area (Å²) in [5.41, 5.74) is 7.09. The van der Waals surface area contributed by atoms with E-state index in [1.54, 1.807) is 17.0 Å². The van der Waals surface area contributed by atoms with E-state index in [9.17, 15) is 29.7 Å². The first-order valence-electron chi connectivity index (χ1n) is 21.7. The van der Waals surface area contributed by atoms with Gasteiger partial charge in [-0.2, -0.15) is 0 Å². The Morgan fingerprint density at radius 2 is 1.42 bits per heavy atom. The number of aromatic hydroxyl groups is 1. The quantitative estimate of drug-likeness (QED) is 0.0499. The number of hydrogen-bond acceptors (Lipinski definition) is 7. The van der Waals surface area contributed by atoms with E-state index in [1.807, 2.05) is 78.9 Å². The first kappa shape index (κ1) is 48.6. The lowest BCUT2D eigenvalue weighted by atomic mass is 9.88. The highest BCUT2D eigenvalue weighted by Crippen LogP contribution is 2.37. The highest BCUT2D eigenvalue weighted by Gasteiger charge is 2.32. The molecule has 11 nitrogen and oxygen atoms in total. The number of aromatic nitrogens is 1. The summed E-state index contributed by atoms with van der Waals surface area (Å²) in [4.78, 5) is 44.6. The lowest BCUT2D eigenvalue weighted by Gasteiger charge is -2.39. The zero-order chi connectivity index (χ0) is 43.4. The van der Waals surface area contributed by atoms with Crippen LogP contribution in [0, 0.1) is 0 Å². The number of aryl methyl sites for hydroxylation is 2. The van der Waals surface area contributed by atoms with Crippen LogP contribution in [0.25, 0.3) is 22.0 Å². The van der Waals surface area contributed by atoms with Gasteiger partial charge in [0.1, 0.15) is 5.75 Å². The number of aliphatic hydroxyl groups is 1. The van der Waals surface area contributed by atoms with Crippen LogP contribution in [0.15, 0.2) is 132 Å². The number of hydrogen-bond donors (Lipinski definition) is 6. The number of carboxylic acid groups (broad SMARTS) is 1. The Hall–Kier alpha value is -6.41. The fraction of sp³-hybridized carbons (Fsp3) is 0.314. The molecule has 6 N–H and O–H groups in total. The minimum atomic E-state index is -0.944. The smallest absolute Gasteiger partial charge is 0.412 e. The van der Waals surface area contributed by atoms with Crippen molar-refractivity contribution in [3.8, 4) is 16.9 Å². The van der Waals surface area contributed by atoms with Gasteiger partial charge < -0.3 is 35.8 Å². The molecule has 6 aromatic rings. The van der Waals surface area contributed by atoms with Gasteiger partial charge in [-0.05, 0) is 123 Å². The number of carbonyl (C=O) groups excluding carboxylic acids is 1. The number of carbonyl (C=O) groups is 2. The molecule has 0 radical (unpaired) electrons. The van der Waals surface area contributed by atoms with Crippen LogP contribution in [0.3, 0.4) is 0 Å². The van der Waals surface area contributed by atoms with Gasteiger partial charge in [-0.1, -0.05) is 91.0 Å². The van der Waals surface area contributed by atoms with Gasteiger partial charge in [0.05, 0.1) is 17.3 Å². The predicted octanol–water partition coefficient (Wildman–Crippen LogP) is 9.35. The number of nitrogens with zero attached hydrogens (tertiary/aromatic N) is 2. The second-order valence-corrected chi connectivity index (χ2v) is 16.4. The third-order valence-corrected chi connectivity index (χ3v) is 12.1. The molecule has 1 atom stereocenters. The van der Waals surface area contributed by atoms with Gasteiger partial charge in [0.15, 0.2) is 0 Å². The maximum absolute atomic E-state index is 13.1. The molecule has 2 amide bonds. The highest BCUT2D eigenvalue weighted by molar-refractivity contribution is 5.94. The minimum Gasteiger partial charge on any atom is -0.506 e. The molecule has 1 aliphatic carbocycles. The van der Waals surface area contributed by atoms with Gasteiger partial charge in [0.2, 0.25) is 11.5 Å². The Morgan fingerprint density at radius 3 is 2.12 bits per heavy atom. The van der Waals surface area contributed by atoms with Crippen LogP contribution in [-0.2, 0) is 24.2 Å². The molecule has 1 fully saturated rings. The molecule has 5 aromatic carbocycles. The van der Waals surface area contributed by atoms with Gasteiger partial charge in [-0.25, -0.2) is 4.79 Å². The molecule has 0 saturated heterocycles. The van der Waals surface area contributed by atoms with Crippen LogP contribution in [0.5, 0.6) is 5.75 Å². The number of amides is 2. The Labute approximate surface area is 372 Å². The van der Waals surface area contributed by atoms with Crippen molar-refractivity contribution >= 4 is 34.3 Å². The molecule has 1 aliphatic rings. The summed E-state index contributed by atoms with van der Waals surface area (Å²) < 4.78 is 0. The Morgan fingerprint density at radius 1 is 0.766 bits per heavy atom. The fourth-order valence-corrected chi connectivity index (χ4v) is 8.76. The predicted molar refractivity (Wildman–Crippen MR) is 252 cm³/mol. The zero-order valence-electron chi connectivity index (χ0n) is 36.1. The van der Waals surface area contributed by atoms with E-state index < -0.39 is 12.2 Å². The van der Waals surface area contributed by atoms with E-state index in [4.69, 9.17) is 0 Å². The van der Waals surface area contributed by atoms with Gasteiger partial charge in [0, 0.05) is 54.3 Å². The summed E-state index contributed by atoms with van der Waals surface area (Å²) >= 11 is 0. The second kappa shape index (κ2) is 23.3. The van der Waals surface area contributed by atoms with Gasteiger partial charge in [-0.3, -0.25) is 23.9 Å². The fourth-order valence-electron chi connectivity index (χ4n) is 8.76. The molecule has 0 aliphatic heterocycles. The van der Waals surface area contributed by atoms with Crippen LogP contribution in [0.4, 0.5) is 25.6 Å². The zero-order valence-corrected chi connectivity index (χ0v) is 36.1. The number of rotatable bonds is 18. The first-order valence-corrected chi connectivity index (χ1v) is 21.7. The van der Waals surface area contributed by atoms with Crippen molar-refractivity contribution in [2.24, 2.45) is 0 Å². The largest absolute Gasteiger partial charge is 0.506 e. The number of nitrogens with one attached hydrogen (secondary N) is 3. The molecule has 1 heterocycles. The van der Waals surface area contributed by atoms with Crippen molar-refractivity contribution in [1.82, 2.24) is 15.2 Å². The van der Waals surface area contributed by atoms with Gasteiger partial charge in [0.25, 0.3) is 0 Å². The number of phenolic OH excluding ortho intramolecular Hbond substituents is 1. The summed E-state index contributed by atoms with van der Waals surface area (Å²) in [6, 6.07) is 40.5. The van der Waals surface area contributed by atoms with Gasteiger partial charge >= 0.3 is 6.09 Å².